The molecule has 2 aromatic carbocycles. The predicted octanol–water partition coefficient (Wildman–Crippen LogP) is 5.66. The fourth-order valence-corrected chi connectivity index (χ4v) is 5.80. The van der Waals surface area contributed by atoms with Crippen LogP contribution in [0.3, 0.4) is 0 Å². The number of likely N-dealkylation sites (tertiary alicyclic amines) is 1. The van der Waals surface area contributed by atoms with Gasteiger partial charge in [-0.2, -0.15) is 0 Å². The zero-order valence-electron chi connectivity index (χ0n) is 20.4. The lowest BCUT2D eigenvalue weighted by Crippen LogP contribution is -2.42. The Labute approximate surface area is 209 Å². The number of benzene rings is 2. The number of carbonyl (C=O) groups excluding carboxylic acids is 2. The van der Waals surface area contributed by atoms with Crippen molar-refractivity contribution < 1.29 is 19.1 Å². The molecular weight excluding hydrogens is 462 g/mol. The topological polar surface area (TPSA) is 80.8 Å². The van der Waals surface area contributed by atoms with Crippen molar-refractivity contribution in [2.45, 2.75) is 57.6 Å². The van der Waals surface area contributed by atoms with Gasteiger partial charge < -0.3 is 19.7 Å². The molecule has 184 valence electrons. The summed E-state index contributed by atoms with van der Waals surface area (Å²) in [5.74, 6) is 0.904. The number of nitrogens with one attached hydrogen (secondary N) is 1. The Hall–Kier alpha value is -3.13. The highest BCUT2D eigenvalue weighted by molar-refractivity contribution is 7.18. The van der Waals surface area contributed by atoms with E-state index in [2.05, 4.69) is 5.32 Å². The molecule has 3 heterocycles. The summed E-state index contributed by atoms with van der Waals surface area (Å²) in [4.78, 5) is 32.3. The molecule has 3 aromatic rings. The SMILES string of the molecule is CC(C)(C)OC(=O)N1CCC[C@@H](c2nc3ccc(C(=O)N[C@H]4CCOc5ccccc54)cc3s2)C1. The third-order valence-corrected chi connectivity index (χ3v) is 7.53. The summed E-state index contributed by atoms with van der Waals surface area (Å²) >= 11 is 1.61. The number of piperidine rings is 1. The number of aromatic nitrogens is 1. The molecule has 5 rings (SSSR count). The normalized spacial score (nSPS) is 20.1. The number of fused-ring (bicyclic) bond motifs is 2. The number of nitrogens with zero attached hydrogens (tertiary/aromatic N) is 2. The lowest BCUT2D eigenvalue weighted by atomic mass is 9.99. The van der Waals surface area contributed by atoms with Crippen molar-refractivity contribution in [1.29, 1.82) is 0 Å². The van der Waals surface area contributed by atoms with Crippen LogP contribution in [0.2, 0.25) is 0 Å². The van der Waals surface area contributed by atoms with E-state index in [1.807, 2.05) is 63.2 Å². The van der Waals surface area contributed by atoms with E-state index in [4.69, 9.17) is 14.5 Å². The number of hydrogen-bond acceptors (Lipinski definition) is 6. The summed E-state index contributed by atoms with van der Waals surface area (Å²) in [6.07, 6.45) is 2.37. The maximum atomic E-state index is 13.1. The second-order valence-electron chi connectivity index (χ2n) is 10.2. The van der Waals surface area contributed by atoms with Gasteiger partial charge in [-0.15, -0.1) is 11.3 Å². The Kier molecular flexibility index (Phi) is 6.40. The minimum atomic E-state index is -0.510. The standard InChI is InChI=1S/C27H31N3O4S/c1-27(2,3)34-26(32)30-13-6-7-18(16-30)25-29-21-11-10-17(15-23(21)35-25)24(31)28-20-12-14-33-22-9-5-4-8-19(20)22/h4-5,8-11,15,18,20H,6-7,12-14,16H2,1-3H3,(H,28,31)/t18-,20+/m1/s1. The molecule has 0 radical (unpaired) electrons. The van der Waals surface area contributed by atoms with Gasteiger partial charge in [0.1, 0.15) is 11.4 Å². The van der Waals surface area contributed by atoms with Crippen LogP contribution in [0.25, 0.3) is 10.2 Å². The van der Waals surface area contributed by atoms with E-state index in [1.54, 1.807) is 16.2 Å². The van der Waals surface area contributed by atoms with Crippen LogP contribution >= 0.6 is 11.3 Å². The molecule has 1 N–H and O–H groups in total. The van der Waals surface area contributed by atoms with Crippen molar-refractivity contribution in [2.75, 3.05) is 19.7 Å². The first kappa shape index (κ1) is 23.6. The Morgan fingerprint density at radius 3 is 2.83 bits per heavy atom. The van der Waals surface area contributed by atoms with Gasteiger partial charge in [0.05, 0.1) is 27.9 Å². The van der Waals surface area contributed by atoms with Gasteiger partial charge in [0.15, 0.2) is 0 Å². The third kappa shape index (κ3) is 5.27. The van der Waals surface area contributed by atoms with E-state index >= 15 is 0 Å². The number of para-hydroxylation sites is 1. The van der Waals surface area contributed by atoms with Gasteiger partial charge in [0, 0.05) is 36.6 Å². The number of thiazole rings is 1. The largest absolute Gasteiger partial charge is 0.493 e. The monoisotopic (exact) mass is 493 g/mol. The Morgan fingerprint density at radius 1 is 1.17 bits per heavy atom. The highest BCUT2D eigenvalue weighted by Gasteiger charge is 2.30. The predicted molar refractivity (Wildman–Crippen MR) is 136 cm³/mol. The van der Waals surface area contributed by atoms with Crippen LogP contribution in [0.1, 0.15) is 72.9 Å². The molecule has 1 aromatic heterocycles. The molecule has 0 bridgehead atoms. The molecule has 0 spiro atoms. The van der Waals surface area contributed by atoms with Crippen LogP contribution in [-0.4, -0.2) is 47.2 Å². The van der Waals surface area contributed by atoms with E-state index in [9.17, 15) is 9.59 Å². The molecule has 2 amide bonds. The molecule has 2 aliphatic rings. The first-order chi connectivity index (χ1) is 16.8. The molecule has 1 fully saturated rings. The van der Waals surface area contributed by atoms with Crippen LogP contribution < -0.4 is 10.1 Å². The fourth-order valence-electron chi connectivity index (χ4n) is 4.66. The van der Waals surface area contributed by atoms with Gasteiger partial charge in [-0.05, 0) is 57.9 Å². The Bertz CT molecular complexity index is 1250. The molecule has 0 saturated carbocycles. The molecule has 2 atom stereocenters. The summed E-state index contributed by atoms with van der Waals surface area (Å²) in [7, 11) is 0. The van der Waals surface area contributed by atoms with Crippen LogP contribution in [0, 0.1) is 0 Å². The van der Waals surface area contributed by atoms with Crippen LogP contribution in [0.4, 0.5) is 4.79 Å². The zero-order valence-corrected chi connectivity index (χ0v) is 21.2. The quantitative estimate of drug-likeness (QED) is 0.509. The summed E-state index contributed by atoms with van der Waals surface area (Å²) in [6.45, 7) is 7.54. The number of amides is 2. The van der Waals surface area contributed by atoms with E-state index in [0.29, 0.717) is 25.3 Å². The Balaban J connectivity index is 1.30. The third-order valence-electron chi connectivity index (χ3n) is 6.35. The maximum Gasteiger partial charge on any atom is 0.410 e. The van der Waals surface area contributed by atoms with Gasteiger partial charge >= 0.3 is 6.09 Å². The first-order valence-electron chi connectivity index (χ1n) is 12.2. The van der Waals surface area contributed by atoms with Gasteiger partial charge in [0.2, 0.25) is 0 Å². The zero-order chi connectivity index (χ0) is 24.6. The van der Waals surface area contributed by atoms with Gasteiger partial charge in [-0.1, -0.05) is 18.2 Å². The smallest absolute Gasteiger partial charge is 0.410 e. The molecule has 35 heavy (non-hydrogen) atoms. The van der Waals surface area contributed by atoms with Crippen molar-refractivity contribution in [3.8, 4) is 5.75 Å². The minimum absolute atomic E-state index is 0.0683. The van der Waals surface area contributed by atoms with Gasteiger partial charge in [0.25, 0.3) is 5.91 Å². The lowest BCUT2D eigenvalue weighted by molar-refractivity contribution is 0.0198. The van der Waals surface area contributed by atoms with Crippen LogP contribution in [0.5, 0.6) is 5.75 Å². The van der Waals surface area contributed by atoms with E-state index in [0.717, 1.165) is 45.8 Å². The minimum Gasteiger partial charge on any atom is -0.493 e. The van der Waals surface area contributed by atoms with Crippen molar-refractivity contribution in [1.82, 2.24) is 15.2 Å². The molecule has 0 unspecified atom stereocenters. The summed E-state index contributed by atoms with van der Waals surface area (Å²) in [5, 5.41) is 4.17. The highest BCUT2D eigenvalue weighted by atomic mass is 32.1. The lowest BCUT2D eigenvalue weighted by Gasteiger charge is -2.33. The van der Waals surface area contributed by atoms with E-state index in [-0.39, 0.29) is 24.0 Å². The average Bonchev–Trinajstić information content (AvgIpc) is 3.27. The number of carbonyl (C=O) groups is 2. The van der Waals surface area contributed by atoms with Gasteiger partial charge in [-0.25, -0.2) is 9.78 Å². The highest BCUT2D eigenvalue weighted by Crippen LogP contribution is 2.35. The average molecular weight is 494 g/mol. The summed E-state index contributed by atoms with van der Waals surface area (Å²) < 4.78 is 12.3. The van der Waals surface area contributed by atoms with E-state index in [1.165, 1.54) is 0 Å². The van der Waals surface area contributed by atoms with Crippen LogP contribution in [-0.2, 0) is 4.74 Å². The van der Waals surface area contributed by atoms with Crippen molar-refractivity contribution >= 4 is 33.6 Å². The van der Waals surface area contributed by atoms with Crippen LogP contribution in [0.15, 0.2) is 42.5 Å². The maximum absolute atomic E-state index is 13.1. The molecule has 8 heteroatoms. The molecule has 2 aliphatic heterocycles. The van der Waals surface area contributed by atoms with Gasteiger partial charge in [-0.3, -0.25) is 4.79 Å². The molecule has 0 aliphatic carbocycles. The number of hydrogen-bond donors (Lipinski definition) is 1. The first-order valence-corrected chi connectivity index (χ1v) is 13.0. The van der Waals surface area contributed by atoms with E-state index < -0.39 is 5.60 Å². The Morgan fingerprint density at radius 2 is 2.00 bits per heavy atom. The fraction of sp³-hybridized carbons (Fsp3) is 0.444. The van der Waals surface area contributed by atoms with Crippen molar-refractivity contribution in [2.24, 2.45) is 0 Å². The molecular formula is C27H31N3O4S. The van der Waals surface area contributed by atoms with Crippen molar-refractivity contribution in [3.63, 3.8) is 0 Å². The summed E-state index contributed by atoms with van der Waals surface area (Å²) in [6, 6.07) is 13.4. The number of rotatable bonds is 3. The molecule has 7 nitrogen and oxygen atoms in total. The second kappa shape index (κ2) is 9.49. The summed E-state index contributed by atoms with van der Waals surface area (Å²) in [5.41, 5.74) is 2.01. The van der Waals surface area contributed by atoms with Crippen molar-refractivity contribution in [3.05, 3.63) is 58.6 Å². The molecule has 1 saturated heterocycles. The second-order valence-corrected chi connectivity index (χ2v) is 11.3. The number of ether oxygens (including phenoxy) is 2.